The molecule has 2 fully saturated rings. The molecule has 1 N–H and O–H groups in total. The van der Waals surface area contributed by atoms with Gasteiger partial charge in [-0.25, -0.2) is 16.8 Å². The summed E-state index contributed by atoms with van der Waals surface area (Å²) in [6.07, 6.45) is 0.624. The van der Waals surface area contributed by atoms with Crippen LogP contribution in [0.25, 0.3) is 0 Å². The standard InChI is InChI=1S/C10H11F5N2O6S2/c11-9(12,24(20,21)16-25(22,23)10(13,14)15)8(19)17-3-5-1-2-6(4-17)7(5)18/h5-6,16H,1-4H2. The second-order valence-corrected chi connectivity index (χ2v) is 9.29. The van der Waals surface area contributed by atoms with Crippen LogP contribution in [0.2, 0.25) is 0 Å². The molecule has 2 atom stereocenters. The van der Waals surface area contributed by atoms with E-state index < -0.39 is 61.6 Å². The highest BCUT2D eigenvalue weighted by Crippen LogP contribution is 2.36. The molecular formula is C10H11F5N2O6S2. The van der Waals surface area contributed by atoms with E-state index in [0.29, 0.717) is 17.7 Å². The van der Waals surface area contributed by atoms with Gasteiger partial charge in [0.2, 0.25) is 0 Å². The molecule has 1 heterocycles. The highest BCUT2D eigenvalue weighted by molar-refractivity contribution is 8.05. The fourth-order valence-corrected chi connectivity index (χ4v) is 5.01. The maximum Gasteiger partial charge on any atom is 0.512 e. The molecule has 0 spiro atoms. The highest BCUT2D eigenvalue weighted by Gasteiger charge is 2.60. The first-order valence-electron chi connectivity index (χ1n) is 6.65. The van der Waals surface area contributed by atoms with E-state index in [2.05, 4.69) is 0 Å². The molecule has 2 rings (SSSR count). The monoisotopic (exact) mass is 414 g/mol. The van der Waals surface area contributed by atoms with Gasteiger partial charge in [0.05, 0.1) is 0 Å². The van der Waals surface area contributed by atoms with Crippen LogP contribution in [-0.2, 0) is 29.6 Å². The second kappa shape index (κ2) is 5.84. The Bertz CT molecular complexity index is 790. The lowest BCUT2D eigenvalue weighted by Gasteiger charge is -2.32. The molecule has 1 saturated heterocycles. The van der Waals surface area contributed by atoms with E-state index in [0.717, 1.165) is 0 Å². The van der Waals surface area contributed by atoms with Crippen LogP contribution in [0.4, 0.5) is 22.0 Å². The van der Waals surface area contributed by atoms with Crippen LogP contribution >= 0.6 is 0 Å². The molecule has 1 aliphatic carbocycles. The summed E-state index contributed by atoms with van der Waals surface area (Å²) < 4.78 is 108. The summed E-state index contributed by atoms with van der Waals surface area (Å²) in [5.41, 5.74) is -6.17. The molecule has 25 heavy (non-hydrogen) atoms. The van der Waals surface area contributed by atoms with Crippen molar-refractivity contribution in [3.8, 4) is 0 Å². The number of likely N-dealkylation sites (tertiary alicyclic amines) is 1. The zero-order valence-corrected chi connectivity index (χ0v) is 13.7. The number of sulfonamides is 2. The van der Waals surface area contributed by atoms with Crippen molar-refractivity contribution in [2.24, 2.45) is 11.8 Å². The first-order chi connectivity index (χ1) is 11.1. The first-order valence-corrected chi connectivity index (χ1v) is 9.62. The van der Waals surface area contributed by atoms with Crippen LogP contribution in [0.5, 0.6) is 0 Å². The number of hydrogen-bond donors (Lipinski definition) is 1. The number of carbonyl (C=O) groups is 2. The highest BCUT2D eigenvalue weighted by atomic mass is 32.3. The van der Waals surface area contributed by atoms with E-state index in [-0.39, 0.29) is 9.91 Å². The quantitative estimate of drug-likeness (QED) is 0.636. The third kappa shape index (κ3) is 3.36. The van der Waals surface area contributed by atoms with Crippen molar-refractivity contribution in [3.05, 3.63) is 0 Å². The van der Waals surface area contributed by atoms with E-state index in [1.54, 1.807) is 0 Å². The second-order valence-electron chi connectivity index (χ2n) is 5.64. The number of alkyl halides is 5. The molecule has 0 radical (unpaired) electrons. The molecule has 2 bridgehead atoms. The summed E-state index contributed by atoms with van der Waals surface area (Å²) in [4.78, 5) is 23.8. The van der Waals surface area contributed by atoms with Crippen LogP contribution < -0.4 is 4.13 Å². The fraction of sp³-hybridized carbons (Fsp3) is 0.800. The minimum atomic E-state index is -6.66. The predicted octanol–water partition coefficient (Wildman–Crippen LogP) is -0.214. The summed E-state index contributed by atoms with van der Waals surface area (Å²) in [6, 6.07) is 0. The van der Waals surface area contributed by atoms with Crippen molar-refractivity contribution in [2.75, 3.05) is 13.1 Å². The smallest absolute Gasteiger partial charge is 0.335 e. The Morgan fingerprint density at radius 2 is 1.40 bits per heavy atom. The number of hydrogen-bond acceptors (Lipinski definition) is 6. The van der Waals surface area contributed by atoms with E-state index in [1.807, 2.05) is 0 Å². The van der Waals surface area contributed by atoms with Crippen molar-refractivity contribution in [1.82, 2.24) is 9.03 Å². The number of nitrogens with one attached hydrogen (secondary N) is 1. The average molecular weight is 414 g/mol. The van der Waals surface area contributed by atoms with Crippen molar-refractivity contribution >= 4 is 31.7 Å². The third-order valence-corrected chi connectivity index (χ3v) is 7.16. The van der Waals surface area contributed by atoms with Gasteiger partial charge in [-0.05, 0) is 12.8 Å². The Morgan fingerprint density at radius 1 is 0.960 bits per heavy atom. The molecule has 144 valence electrons. The molecular weight excluding hydrogens is 403 g/mol. The van der Waals surface area contributed by atoms with Gasteiger partial charge >= 0.3 is 36.7 Å². The number of amides is 1. The Morgan fingerprint density at radius 3 is 1.80 bits per heavy atom. The molecule has 0 aromatic rings. The van der Waals surface area contributed by atoms with Crippen LogP contribution in [0, 0.1) is 11.8 Å². The SMILES string of the molecule is O=C1C2CCC1CN(C(=O)C(F)(F)S(=O)(=O)NS(=O)(=O)C(F)(F)F)C2. The van der Waals surface area contributed by atoms with E-state index >= 15 is 0 Å². The lowest BCUT2D eigenvalue weighted by molar-refractivity contribution is -0.151. The Labute approximate surface area is 138 Å². The van der Waals surface area contributed by atoms with Gasteiger partial charge in [-0.15, -0.1) is 0 Å². The maximum absolute atomic E-state index is 13.9. The van der Waals surface area contributed by atoms with Crippen LogP contribution in [0.1, 0.15) is 12.8 Å². The van der Waals surface area contributed by atoms with Gasteiger partial charge in [-0.1, -0.05) is 4.13 Å². The summed E-state index contributed by atoms with van der Waals surface area (Å²) in [6.45, 7) is -1.02. The number of rotatable bonds is 4. The Kier molecular flexibility index (Phi) is 4.66. The third-order valence-electron chi connectivity index (χ3n) is 3.95. The predicted molar refractivity (Wildman–Crippen MR) is 69.8 cm³/mol. The van der Waals surface area contributed by atoms with E-state index in [1.165, 1.54) is 0 Å². The van der Waals surface area contributed by atoms with Crippen molar-refractivity contribution in [3.63, 3.8) is 0 Å². The lowest BCUT2D eigenvalue weighted by atomic mass is 9.97. The largest absolute Gasteiger partial charge is 0.512 e. The topological polar surface area (TPSA) is 118 Å². The minimum Gasteiger partial charge on any atom is -0.335 e. The van der Waals surface area contributed by atoms with Gasteiger partial charge in [0.25, 0.3) is 0 Å². The van der Waals surface area contributed by atoms with Gasteiger partial charge in [0, 0.05) is 24.9 Å². The number of Topliss-reactive ketones (excluding diaryl/α,β-unsaturated/α-hetero) is 1. The number of piperidine rings is 1. The Hall–Kier alpha value is -1.35. The van der Waals surface area contributed by atoms with Gasteiger partial charge in [-0.2, -0.15) is 22.0 Å². The molecule has 1 saturated carbocycles. The molecule has 1 amide bonds. The molecule has 2 unspecified atom stereocenters. The van der Waals surface area contributed by atoms with Crippen molar-refractivity contribution < 1.29 is 48.4 Å². The molecule has 15 heteroatoms. The van der Waals surface area contributed by atoms with Gasteiger partial charge in [0.1, 0.15) is 5.78 Å². The number of nitrogens with zero attached hydrogens (tertiary/aromatic N) is 1. The molecule has 0 aromatic heterocycles. The molecule has 2 aliphatic rings. The van der Waals surface area contributed by atoms with E-state index in [4.69, 9.17) is 0 Å². The van der Waals surface area contributed by atoms with Crippen LogP contribution in [0.15, 0.2) is 0 Å². The first kappa shape index (κ1) is 20.0. The number of halogens is 5. The van der Waals surface area contributed by atoms with Crippen molar-refractivity contribution in [2.45, 2.75) is 23.6 Å². The fourth-order valence-electron chi connectivity index (χ4n) is 2.70. The zero-order valence-electron chi connectivity index (χ0n) is 12.1. The molecule has 8 nitrogen and oxygen atoms in total. The Balaban J connectivity index is 2.25. The molecule has 0 aromatic carbocycles. The minimum absolute atomic E-state index is 0.165. The van der Waals surface area contributed by atoms with Crippen molar-refractivity contribution in [1.29, 1.82) is 0 Å². The summed E-state index contributed by atoms with van der Waals surface area (Å²) in [5.74, 6) is -4.16. The number of fused-ring (bicyclic) bond motifs is 2. The summed E-state index contributed by atoms with van der Waals surface area (Å²) in [5, 5.41) is -5.47. The normalized spacial score (nSPS) is 25.3. The van der Waals surface area contributed by atoms with Crippen LogP contribution in [-0.4, -0.2) is 57.3 Å². The van der Waals surface area contributed by atoms with Gasteiger partial charge in [-0.3, -0.25) is 9.59 Å². The zero-order chi connectivity index (χ0) is 19.4. The number of carbonyl (C=O) groups excluding carboxylic acids is 2. The van der Waals surface area contributed by atoms with Gasteiger partial charge in [0.15, 0.2) is 0 Å². The summed E-state index contributed by atoms with van der Waals surface area (Å²) in [7, 11) is -13.2. The lowest BCUT2D eigenvalue weighted by Crippen LogP contribution is -2.57. The van der Waals surface area contributed by atoms with Gasteiger partial charge < -0.3 is 4.90 Å². The maximum atomic E-state index is 13.9. The van der Waals surface area contributed by atoms with Crippen LogP contribution in [0.3, 0.4) is 0 Å². The molecule has 1 aliphatic heterocycles. The summed E-state index contributed by atoms with van der Waals surface area (Å²) >= 11 is 0. The number of ketones is 1. The van der Waals surface area contributed by atoms with E-state index in [9.17, 15) is 48.4 Å². The average Bonchev–Trinajstić information content (AvgIpc) is 2.66.